The highest BCUT2D eigenvalue weighted by atomic mass is 16.5. The molecule has 212 valence electrons. The maximum absolute atomic E-state index is 13.0. The second-order valence-electron chi connectivity index (χ2n) is 9.18. The highest BCUT2D eigenvalue weighted by Crippen LogP contribution is 2.26. The Labute approximate surface area is 248 Å². The van der Waals surface area contributed by atoms with Crippen molar-refractivity contribution in [3.63, 3.8) is 0 Å². The van der Waals surface area contributed by atoms with E-state index in [1.54, 1.807) is 91.0 Å². The third-order valence-electron chi connectivity index (χ3n) is 6.16. The summed E-state index contributed by atoms with van der Waals surface area (Å²) in [5.41, 5.74) is 4.81. The predicted octanol–water partition coefficient (Wildman–Crippen LogP) is 6.47. The Hall–Kier alpha value is -6.02. The molecule has 8 nitrogen and oxygen atoms in total. The van der Waals surface area contributed by atoms with Crippen molar-refractivity contribution in [3.05, 3.63) is 161 Å². The van der Waals surface area contributed by atoms with E-state index in [2.05, 4.69) is 10.5 Å². The SMILES string of the molecule is O=C(Oc1ccc(/C=N/NC(=O)c2ccccc2OCc2ccccc2)c(OC(=O)c2ccccc2)c1)c1ccccc1. The number of hydrogen-bond acceptors (Lipinski definition) is 7. The lowest BCUT2D eigenvalue weighted by Gasteiger charge is -2.11. The molecule has 0 radical (unpaired) electrons. The van der Waals surface area contributed by atoms with Gasteiger partial charge in [0, 0.05) is 11.6 Å². The Bertz CT molecular complexity index is 1740. The summed E-state index contributed by atoms with van der Waals surface area (Å²) in [7, 11) is 0. The number of ether oxygens (including phenoxy) is 3. The van der Waals surface area contributed by atoms with E-state index in [0.29, 0.717) is 34.6 Å². The molecule has 0 aliphatic rings. The zero-order valence-electron chi connectivity index (χ0n) is 22.9. The summed E-state index contributed by atoms with van der Waals surface area (Å²) in [6, 6.07) is 37.9. The minimum Gasteiger partial charge on any atom is -0.488 e. The van der Waals surface area contributed by atoms with E-state index < -0.39 is 17.8 Å². The summed E-state index contributed by atoms with van der Waals surface area (Å²) >= 11 is 0. The zero-order chi connectivity index (χ0) is 29.9. The average Bonchev–Trinajstić information content (AvgIpc) is 3.06. The van der Waals surface area contributed by atoms with Crippen LogP contribution in [0.3, 0.4) is 0 Å². The molecule has 0 aromatic heterocycles. The molecular formula is C35H26N2O6. The van der Waals surface area contributed by atoms with Crippen molar-refractivity contribution in [2.75, 3.05) is 0 Å². The normalized spacial score (nSPS) is 10.6. The van der Waals surface area contributed by atoms with Crippen LogP contribution in [0.5, 0.6) is 17.2 Å². The summed E-state index contributed by atoms with van der Waals surface area (Å²) in [6.07, 6.45) is 1.34. The molecule has 5 rings (SSSR count). The van der Waals surface area contributed by atoms with Crippen molar-refractivity contribution in [2.45, 2.75) is 6.61 Å². The second kappa shape index (κ2) is 14.0. The molecule has 0 fully saturated rings. The van der Waals surface area contributed by atoms with Gasteiger partial charge in [-0.2, -0.15) is 5.10 Å². The van der Waals surface area contributed by atoms with Gasteiger partial charge in [-0.15, -0.1) is 0 Å². The van der Waals surface area contributed by atoms with Gasteiger partial charge in [0.1, 0.15) is 23.9 Å². The maximum Gasteiger partial charge on any atom is 0.343 e. The standard InChI is InChI=1S/C35H26N2O6/c38-33(30-18-10-11-19-31(30)41-24-25-12-4-1-5-13-25)37-36-23-28-20-21-29(42-34(39)26-14-6-2-7-15-26)22-32(28)43-35(40)27-16-8-3-9-17-27/h1-23H,24H2,(H,37,38)/b36-23+. The quantitative estimate of drug-likeness (QED) is 0.0894. The van der Waals surface area contributed by atoms with Crippen LogP contribution in [0.2, 0.25) is 0 Å². The molecule has 1 N–H and O–H groups in total. The van der Waals surface area contributed by atoms with Gasteiger partial charge in [-0.1, -0.05) is 78.9 Å². The Morgan fingerprint density at radius 1 is 0.628 bits per heavy atom. The summed E-state index contributed by atoms with van der Waals surface area (Å²) in [5.74, 6) is -1.03. The molecule has 0 atom stereocenters. The molecule has 8 heteroatoms. The number of esters is 2. The lowest BCUT2D eigenvalue weighted by atomic mass is 10.2. The Balaban J connectivity index is 1.32. The van der Waals surface area contributed by atoms with Gasteiger partial charge in [0.25, 0.3) is 5.91 Å². The van der Waals surface area contributed by atoms with E-state index in [0.717, 1.165) is 5.56 Å². The number of hydrogen-bond donors (Lipinski definition) is 1. The van der Waals surface area contributed by atoms with E-state index in [9.17, 15) is 14.4 Å². The van der Waals surface area contributed by atoms with Crippen LogP contribution < -0.4 is 19.6 Å². The summed E-state index contributed by atoms with van der Waals surface area (Å²) in [6.45, 7) is 0.297. The van der Waals surface area contributed by atoms with Gasteiger partial charge in [-0.25, -0.2) is 15.0 Å². The fraction of sp³-hybridized carbons (Fsp3) is 0.0286. The fourth-order valence-electron chi connectivity index (χ4n) is 3.98. The Morgan fingerprint density at radius 3 is 1.88 bits per heavy atom. The summed E-state index contributed by atoms with van der Waals surface area (Å²) in [5, 5.41) is 4.08. The third kappa shape index (κ3) is 7.80. The first-order chi connectivity index (χ1) is 21.1. The molecule has 0 aliphatic carbocycles. The molecule has 5 aromatic rings. The monoisotopic (exact) mass is 570 g/mol. The number of amides is 1. The Morgan fingerprint density at radius 2 is 1.21 bits per heavy atom. The summed E-state index contributed by atoms with van der Waals surface area (Å²) < 4.78 is 17.0. The molecule has 43 heavy (non-hydrogen) atoms. The van der Waals surface area contributed by atoms with Crippen molar-refractivity contribution in [2.24, 2.45) is 5.10 Å². The molecule has 1 amide bonds. The molecule has 0 bridgehead atoms. The van der Waals surface area contributed by atoms with Crippen molar-refractivity contribution >= 4 is 24.1 Å². The van der Waals surface area contributed by atoms with Crippen LogP contribution in [0.25, 0.3) is 0 Å². The number of benzene rings is 5. The minimum atomic E-state index is -0.615. The van der Waals surface area contributed by atoms with Crippen LogP contribution >= 0.6 is 0 Å². The van der Waals surface area contributed by atoms with Crippen molar-refractivity contribution in [3.8, 4) is 17.2 Å². The van der Waals surface area contributed by atoms with Crippen LogP contribution in [0, 0.1) is 0 Å². The number of rotatable bonds is 10. The topological polar surface area (TPSA) is 103 Å². The van der Waals surface area contributed by atoms with Gasteiger partial charge in [-0.3, -0.25) is 4.79 Å². The van der Waals surface area contributed by atoms with Crippen LogP contribution in [-0.2, 0) is 6.61 Å². The van der Waals surface area contributed by atoms with Gasteiger partial charge in [-0.05, 0) is 54.1 Å². The molecule has 5 aromatic carbocycles. The van der Waals surface area contributed by atoms with Crippen molar-refractivity contribution < 1.29 is 28.6 Å². The smallest absolute Gasteiger partial charge is 0.343 e. The molecular weight excluding hydrogens is 544 g/mol. The lowest BCUT2D eigenvalue weighted by molar-refractivity contribution is 0.0731. The lowest BCUT2D eigenvalue weighted by Crippen LogP contribution is -2.19. The summed E-state index contributed by atoms with van der Waals surface area (Å²) in [4.78, 5) is 38.4. The number of hydrazone groups is 1. The largest absolute Gasteiger partial charge is 0.488 e. The van der Waals surface area contributed by atoms with Crippen LogP contribution in [-0.4, -0.2) is 24.1 Å². The minimum absolute atomic E-state index is 0.0804. The average molecular weight is 571 g/mol. The van der Waals surface area contributed by atoms with Crippen molar-refractivity contribution in [1.29, 1.82) is 0 Å². The number of para-hydroxylation sites is 1. The van der Waals surface area contributed by atoms with Crippen LogP contribution in [0.1, 0.15) is 42.2 Å². The Kier molecular flexibility index (Phi) is 9.31. The number of nitrogens with zero attached hydrogens (tertiary/aromatic N) is 1. The fourth-order valence-corrected chi connectivity index (χ4v) is 3.98. The highest BCUT2D eigenvalue weighted by Gasteiger charge is 2.16. The first-order valence-electron chi connectivity index (χ1n) is 13.3. The first kappa shape index (κ1) is 28.5. The molecule has 0 unspecified atom stereocenters. The van der Waals surface area contributed by atoms with E-state index in [4.69, 9.17) is 14.2 Å². The second-order valence-corrected chi connectivity index (χ2v) is 9.18. The molecule has 0 spiro atoms. The molecule has 0 saturated heterocycles. The third-order valence-corrected chi connectivity index (χ3v) is 6.16. The number of carbonyl (C=O) groups is 3. The van der Waals surface area contributed by atoms with Gasteiger partial charge in [0.05, 0.1) is 22.9 Å². The first-order valence-corrected chi connectivity index (χ1v) is 13.3. The van der Waals surface area contributed by atoms with E-state index in [-0.39, 0.29) is 11.5 Å². The van der Waals surface area contributed by atoms with E-state index in [1.807, 2.05) is 30.3 Å². The number of nitrogens with one attached hydrogen (secondary N) is 1. The maximum atomic E-state index is 13.0. The molecule has 0 aliphatic heterocycles. The van der Waals surface area contributed by atoms with E-state index >= 15 is 0 Å². The predicted molar refractivity (Wildman–Crippen MR) is 162 cm³/mol. The van der Waals surface area contributed by atoms with Crippen LogP contribution in [0.4, 0.5) is 0 Å². The zero-order valence-corrected chi connectivity index (χ0v) is 22.9. The van der Waals surface area contributed by atoms with Gasteiger partial charge in [0.15, 0.2) is 0 Å². The number of carbonyl (C=O) groups excluding carboxylic acids is 3. The van der Waals surface area contributed by atoms with Crippen LogP contribution in [0.15, 0.2) is 139 Å². The van der Waals surface area contributed by atoms with E-state index in [1.165, 1.54) is 18.3 Å². The molecule has 0 saturated carbocycles. The molecule has 0 heterocycles. The highest BCUT2D eigenvalue weighted by molar-refractivity contribution is 5.98. The van der Waals surface area contributed by atoms with Crippen molar-refractivity contribution in [1.82, 2.24) is 5.43 Å². The van der Waals surface area contributed by atoms with Gasteiger partial charge in [0.2, 0.25) is 0 Å². The van der Waals surface area contributed by atoms with Gasteiger partial charge >= 0.3 is 11.9 Å². The van der Waals surface area contributed by atoms with Gasteiger partial charge < -0.3 is 14.2 Å².